The lowest BCUT2D eigenvalue weighted by Gasteiger charge is -2.07. The monoisotopic (exact) mass is 141 g/mol. The van der Waals surface area contributed by atoms with Crippen LogP contribution in [0.1, 0.15) is 6.42 Å². The number of hydrogen-bond donors (Lipinski definition) is 0. The van der Waals surface area contributed by atoms with Gasteiger partial charge in [0.05, 0.1) is 0 Å². The first-order valence-electron chi connectivity index (χ1n) is 2.77. The molecule has 0 fully saturated rings. The number of aliphatic carboxylic acids is 1. The van der Waals surface area contributed by atoms with Crippen molar-refractivity contribution in [2.45, 2.75) is 12.5 Å². The summed E-state index contributed by atoms with van der Waals surface area (Å²) in [6, 6.07) is 0. The highest BCUT2D eigenvalue weighted by molar-refractivity contribution is 5.85. The van der Waals surface area contributed by atoms with E-state index >= 15 is 0 Å². The van der Waals surface area contributed by atoms with Crippen molar-refractivity contribution >= 4 is 11.9 Å². The molecule has 4 nitrogen and oxygen atoms in total. The van der Waals surface area contributed by atoms with Crippen LogP contribution in [0.3, 0.4) is 0 Å². The van der Waals surface area contributed by atoms with Gasteiger partial charge in [-0.1, -0.05) is 0 Å². The second kappa shape index (κ2) is 2.51. The Labute approximate surface area is 57.1 Å². The molecule has 54 valence electrons. The van der Waals surface area contributed by atoms with Gasteiger partial charge in [-0.2, -0.15) is 0 Å². The molecule has 1 atom stereocenters. The first-order valence-corrected chi connectivity index (χ1v) is 2.77. The fourth-order valence-electron chi connectivity index (χ4n) is 0.688. The maximum atomic E-state index is 10.3. The first kappa shape index (κ1) is 6.80. The summed E-state index contributed by atoms with van der Waals surface area (Å²) in [6.45, 7) is 0. The fraction of sp³-hybridized carbons (Fsp3) is 0.333. The molecule has 0 aromatic heterocycles. The van der Waals surface area contributed by atoms with Gasteiger partial charge in [-0.05, 0) is 6.08 Å². The van der Waals surface area contributed by atoms with E-state index in [0.29, 0.717) is 0 Å². The first-order chi connectivity index (χ1) is 4.68. The number of carboxylic acid groups (broad SMARTS) is 1. The van der Waals surface area contributed by atoms with Crippen molar-refractivity contribution in [1.29, 1.82) is 0 Å². The average molecular weight is 141 g/mol. The number of ether oxygens (including phenoxy) is 1. The van der Waals surface area contributed by atoms with Gasteiger partial charge in [-0.25, -0.2) is 4.79 Å². The van der Waals surface area contributed by atoms with Crippen LogP contribution in [0, 0.1) is 0 Å². The molecular weight excluding hydrogens is 136 g/mol. The molecule has 0 aromatic carbocycles. The van der Waals surface area contributed by atoms with E-state index in [0.717, 1.165) is 0 Å². The van der Waals surface area contributed by atoms with Crippen LogP contribution in [-0.2, 0) is 14.3 Å². The lowest BCUT2D eigenvalue weighted by molar-refractivity contribution is -0.306. The maximum Gasteiger partial charge on any atom is 0.331 e. The molecule has 0 N–H and O–H groups in total. The molecular formula is C6H5O4-. The lowest BCUT2D eigenvalue weighted by atomic mass is 10.2. The van der Waals surface area contributed by atoms with Crippen molar-refractivity contribution in [3.05, 3.63) is 12.2 Å². The second-order valence-electron chi connectivity index (χ2n) is 1.91. The molecule has 0 saturated heterocycles. The van der Waals surface area contributed by atoms with E-state index in [4.69, 9.17) is 0 Å². The molecule has 1 aliphatic heterocycles. The molecule has 0 spiro atoms. The van der Waals surface area contributed by atoms with Crippen LogP contribution >= 0.6 is 0 Å². The summed E-state index contributed by atoms with van der Waals surface area (Å²) in [4.78, 5) is 20.2. The van der Waals surface area contributed by atoms with Crippen LogP contribution in [0.4, 0.5) is 0 Å². The van der Waals surface area contributed by atoms with Crippen LogP contribution < -0.4 is 5.11 Å². The smallest absolute Gasteiger partial charge is 0.331 e. The van der Waals surface area contributed by atoms with E-state index in [1.54, 1.807) is 0 Å². The molecule has 0 unspecified atom stereocenters. The zero-order valence-corrected chi connectivity index (χ0v) is 5.07. The third-order valence-electron chi connectivity index (χ3n) is 1.08. The molecule has 0 radical (unpaired) electrons. The molecule has 0 aromatic rings. The molecule has 0 bridgehead atoms. The van der Waals surface area contributed by atoms with Gasteiger partial charge in [0, 0.05) is 18.5 Å². The number of rotatable bonds is 2. The van der Waals surface area contributed by atoms with Crippen molar-refractivity contribution in [3.63, 3.8) is 0 Å². The molecule has 0 amide bonds. The number of carbonyl (C=O) groups is 2. The second-order valence-corrected chi connectivity index (χ2v) is 1.91. The Morgan fingerprint density at radius 2 is 2.50 bits per heavy atom. The fourth-order valence-corrected chi connectivity index (χ4v) is 0.688. The van der Waals surface area contributed by atoms with Crippen LogP contribution in [0.25, 0.3) is 0 Å². The normalized spacial score (nSPS) is 22.8. The van der Waals surface area contributed by atoms with Crippen LogP contribution in [-0.4, -0.2) is 18.0 Å². The van der Waals surface area contributed by atoms with Gasteiger partial charge in [-0.3, -0.25) is 0 Å². The molecule has 1 aliphatic rings. The van der Waals surface area contributed by atoms with Crippen molar-refractivity contribution in [1.82, 2.24) is 0 Å². The summed E-state index contributed by atoms with van der Waals surface area (Å²) in [5.74, 6) is -1.71. The molecule has 0 saturated carbocycles. The van der Waals surface area contributed by atoms with Crippen LogP contribution in [0.15, 0.2) is 12.2 Å². The van der Waals surface area contributed by atoms with E-state index in [-0.39, 0.29) is 6.42 Å². The molecule has 0 aliphatic carbocycles. The molecule has 4 heteroatoms. The summed E-state index contributed by atoms with van der Waals surface area (Å²) < 4.78 is 4.50. The standard InChI is InChI=1S/C6H6O4/c7-5(8)3-4-1-2-6(9)10-4/h1-2,4H,3H2,(H,7,8)/p-1/t4-/m1/s1. The Balaban J connectivity index is 2.40. The van der Waals surface area contributed by atoms with Crippen molar-refractivity contribution in [3.8, 4) is 0 Å². The minimum Gasteiger partial charge on any atom is -0.550 e. The summed E-state index contributed by atoms with van der Waals surface area (Å²) in [6.07, 6.45) is 1.71. The van der Waals surface area contributed by atoms with E-state index in [1.807, 2.05) is 0 Å². The number of carboxylic acids is 1. The van der Waals surface area contributed by atoms with E-state index < -0.39 is 18.0 Å². The minimum absolute atomic E-state index is 0.262. The summed E-state index contributed by atoms with van der Waals surface area (Å²) >= 11 is 0. The number of hydrogen-bond acceptors (Lipinski definition) is 4. The average Bonchev–Trinajstić information content (AvgIpc) is 2.13. The maximum absolute atomic E-state index is 10.3. The molecule has 1 heterocycles. The van der Waals surface area contributed by atoms with Gasteiger partial charge in [0.1, 0.15) is 6.10 Å². The molecule has 10 heavy (non-hydrogen) atoms. The number of esters is 1. The summed E-state index contributed by atoms with van der Waals surface area (Å²) in [5.41, 5.74) is 0. The van der Waals surface area contributed by atoms with Gasteiger partial charge in [-0.15, -0.1) is 0 Å². The zero-order chi connectivity index (χ0) is 7.56. The van der Waals surface area contributed by atoms with Crippen LogP contribution in [0.2, 0.25) is 0 Å². The summed E-state index contributed by atoms with van der Waals surface area (Å²) in [7, 11) is 0. The lowest BCUT2D eigenvalue weighted by Crippen LogP contribution is -2.27. The Kier molecular flexibility index (Phi) is 1.71. The van der Waals surface area contributed by atoms with Crippen molar-refractivity contribution in [2.24, 2.45) is 0 Å². The highest BCUT2D eigenvalue weighted by atomic mass is 16.5. The Morgan fingerprint density at radius 3 is 2.90 bits per heavy atom. The van der Waals surface area contributed by atoms with E-state index in [9.17, 15) is 14.7 Å². The van der Waals surface area contributed by atoms with Gasteiger partial charge in [0.25, 0.3) is 0 Å². The summed E-state index contributed by atoms with van der Waals surface area (Å²) in [5, 5.41) is 9.93. The Hall–Kier alpha value is -1.32. The SMILES string of the molecule is O=C([O-])C[C@H]1C=CC(=O)O1. The largest absolute Gasteiger partial charge is 0.550 e. The van der Waals surface area contributed by atoms with Crippen molar-refractivity contribution in [2.75, 3.05) is 0 Å². The number of cyclic esters (lactones) is 1. The Morgan fingerprint density at radius 1 is 1.80 bits per heavy atom. The van der Waals surface area contributed by atoms with Gasteiger partial charge < -0.3 is 14.6 Å². The van der Waals surface area contributed by atoms with Gasteiger partial charge >= 0.3 is 5.97 Å². The Bertz CT molecular complexity index is 194. The van der Waals surface area contributed by atoms with Crippen molar-refractivity contribution < 1.29 is 19.4 Å². The minimum atomic E-state index is -1.22. The van der Waals surface area contributed by atoms with E-state index in [2.05, 4.69) is 4.74 Å². The topological polar surface area (TPSA) is 66.4 Å². The highest BCUT2D eigenvalue weighted by Gasteiger charge is 2.15. The van der Waals surface area contributed by atoms with E-state index in [1.165, 1.54) is 12.2 Å². The quantitative estimate of drug-likeness (QED) is 0.444. The highest BCUT2D eigenvalue weighted by Crippen LogP contribution is 2.07. The number of carbonyl (C=O) groups excluding carboxylic acids is 2. The third-order valence-corrected chi connectivity index (χ3v) is 1.08. The predicted molar refractivity (Wildman–Crippen MR) is 28.6 cm³/mol. The third kappa shape index (κ3) is 1.58. The van der Waals surface area contributed by atoms with Crippen LogP contribution in [0.5, 0.6) is 0 Å². The molecule has 1 rings (SSSR count). The zero-order valence-electron chi connectivity index (χ0n) is 5.07. The predicted octanol–water partition coefficient (Wildman–Crippen LogP) is -1.39. The van der Waals surface area contributed by atoms with Gasteiger partial charge in [0.15, 0.2) is 0 Å². The van der Waals surface area contributed by atoms with Gasteiger partial charge in [0.2, 0.25) is 0 Å².